The molecule has 0 fully saturated rings. The van der Waals surface area contributed by atoms with Crippen molar-refractivity contribution in [3.8, 4) is 46.0 Å². The lowest BCUT2D eigenvalue weighted by Crippen LogP contribution is -2.32. The van der Waals surface area contributed by atoms with E-state index in [0.29, 0.717) is 63.8 Å². The number of hydrogen-bond acceptors (Lipinski definition) is 13. The fourth-order valence-electron chi connectivity index (χ4n) is 8.12. The number of ketones is 1. The van der Waals surface area contributed by atoms with Gasteiger partial charge in [-0.05, 0) is 74.5 Å². The van der Waals surface area contributed by atoms with Crippen LogP contribution in [0.1, 0.15) is 86.0 Å². The zero-order valence-corrected chi connectivity index (χ0v) is 32.0. The average Bonchev–Trinajstić information content (AvgIpc) is 3.80. The highest BCUT2D eigenvalue weighted by Gasteiger charge is 2.53. The van der Waals surface area contributed by atoms with Gasteiger partial charge < -0.3 is 44.3 Å². The van der Waals surface area contributed by atoms with E-state index in [1.165, 1.54) is 24.3 Å². The number of nitrogens with zero attached hydrogens (tertiary/aromatic N) is 4. The van der Waals surface area contributed by atoms with Crippen molar-refractivity contribution in [1.82, 2.24) is 19.9 Å². The quantitative estimate of drug-likeness (QED) is 0.0717. The Labute approximate surface area is 338 Å². The summed E-state index contributed by atoms with van der Waals surface area (Å²) < 4.78 is 26.3. The zero-order valence-electron chi connectivity index (χ0n) is 32.0. The zero-order chi connectivity index (χ0) is 40.8. The van der Waals surface area contributed by atoms with Crippen LogP contribution in [0.15, 0.2) is 97.2 Å². The first-order chi connectivity index (χ1) is 28.6. The summed E-state index contributed by atoms with van der Waals surface area (Å²) in [5.41, 5.74) is 2.86. The van der Waals surface area contributed by atoms with E-state index in [1.807, 2.05) is 36.3 Å². The second-order valence-electron chi connectivity index (χ2n) is 15.0. The van der Waals surface area contributed by atoms with Gasteiger partial charge in [0, 0.05) is 48.0 Å². The molecule has 6 aromatic rings. The summed E-state index contributed by atoms with van der Waals surface area (Å²) in [5, 5.41) is 50.3. The molecule has 5 aromatic carbocycles. The number of esters is 1. The fourth-order valence-corrected chi connectivity index (χ4v) is 8.12. The lowest BCUT2D eigenvalue weighted by Gasteiger charge is -2.36. The number of aryl methyl sites for hydroxylation is 1. The van der Waals surface area contributed by atoms with Crippen LogP contribution in [0.5, 0.6) is 46.0 Å². The van der Waals surface area contributed by atoms with Crippen LogP contribution in [-0.4, -0.2) is 65.7 Å². The number of hydrogen-bond donors (Lipinski definition) is 4. The third kappa shape index (κ3) is 6.90. The van der Waals surface area contributed by atoms with Crippen molar-refractivity contribution in [3.63, 3.8) is 0 Å². The number of fused-ring (bicyclic) bond motifs is 7. The van der Waals surface area contributed by atoms with Crippen molar-refractivity contribution in [2.75, 3.05) is 13.6 Å². The summed E-state index contributed by atoms with van der Waals surface area (Å²) >= 11 is 0. The lowest BCUT2D eigenvalue weighted by atomic mass is 9.77. The number of aromatic hydroxyl groups is 4. The molecule has 300 valence electrons. The normalized spacial score (nSPS) is 17.4. The van der Waals surface area contributed by atoms with E-state index >= 15 is 0 Å². The molecule has 2 unspecified atom stereocenters. The van der Waals surface area contributed by atoms with E-state index in [1.54, 1.807) is 53.2 Å². The van der Waals surface area contributed by atoms with Crippen molar-refractivity contribution in [1.29, 1.82) is 0 Å². The van der Waals surface area contributed by atoms with Crippen LogP contribution < -0.4 is 14.2 Å². The molecule has 9 rings (SSSR count). The highest BCUT2D eigenvalue weighted by Crippen LogP contribution is 2.57. The van der Waals surface area contributed by atoms with Gasteiger partial charge in [0.1, 0.15) is 70.0 Å². The Morgan fingerprint density at radius 1 is 0.847 bits per heavy atom. The summed E-state index contributed by atoms with van der Waals surface area (Å²) in [7, 11) is 1.89. The molecular formula is C45H40N4O10. The SMILES string of the molecule is CN(CCCCCn1cc(COc2ccc3c(c2)Oc2cc(O)ccc2C32OC(=O)c3ccccc32)nn1)Cc1c(O)cc2c(c1O)C(=O)CC(c1ccc(O)cc1)O2. The fraction of sp³-hybridized carbons (Fsp3) is 0.244. The van der Waals surface area contributed by atoms with Gasteiger partial charge in [0.25, 0.3) is 0 Å². The molecular weight excluding hydrogens is 757 g/mol. The molecule has 59 heavy (non-hydrogen) atoms. The molecule has 14 heteroatoms. The Balaban J connectivity index is 0.772. The third-order valence-corrected chi connectivity index (χ3v) is 11.0. The second kappa shape index (κ2) is 15.0. The molecule has 3 aliphatic heterocycles. The smallest absolute Gasteiger partial charge is 0.340 e. The van der Waals surface area contributed by atoms with Gasteiger partial charge >= 0.3 is 5.97 Å². The van der Waals surface area contributed by atoms with Gasteiger partial charge in [-0.15, -0.1) is 5.10 Å². The number of rotatable bonds is 12. The number of unbranched alkanes of at least 4 members (excludes halogenated alkanes) is 2. The van der Waals surface area contributed by atoms with E-state index in [-0.39, 0.29) is 65.2 Å². The van der Waals surface area contributed by atoms with Crippen LogP contribution in [0.3, 0.4) is 0 Å². The highest BCUT2D eigenvalue weighted by atomic mass is 16.6. The van der Waals surface area contributed by atoms with Crippen LogP contribution in [0.4, 0.5) is 0 Å². The third-order valence-electron chi connectivity index (χ3n) is 11.0. The first-order valence-electron chi connectivity index (χ1n) is 19.3. The Kier molecular flexibility index (Phi) is 9.56. The van der Waals surface area contributed by atoms with E-state index in [4.69, 9.17) is 18.9 Å². The summed E-state index contributed by atoms with van der Waals surface area (Å²) in [6, 6.07) is 25.2. The summed E-state index contributed by atoms with van der Waals surface area (Å²) in [6.07, 6.45) is 3.85. The molecule has 0 radical (unpaired) electrons. The Morgan fingerprint density at radius 3 is 2.44 bits per heavy atom. The number of ether oxygens (including phenoxy) is 4. The number of Topliss-reactive ketones (excluding diaryl/α,β-unsaturated/α-hetero) is 1. The standard InChI is InChI=1S/C45H40N4O10/c1-48(24-32-36(52)21-41-42(43(32)54)37(53)22-38(57-41)26-9-11-28(50)12-10-26)17-5-2-6-18-49-23-27(46-47-49)25-56-30-14-16-35-40(20-30)58-39-19-29(51)13-15-34(39)45(35)33-8-4-3-7-31(33)44(55)59-45/h3-4,7-16,19-21,23,38,50-52,54H,2,5-6,17-18,22,24-25H2,1H3. The van der Waals surface area contributed by atoms with Gasteiger partial charge in [-0.1, -0.05) is 42.0 Å². The van der Waals surface area contributed by atoms with Crippen molar-refractivity contribution >= 4 is 11.8 Å². The van der Waals surface area contributed by atoms with E-state index in [2.05, 4.69) is 10.3 Å². The number of carbonyl (C=O) groups excluding carboxylic acids is 2. The summed E-state index contributed by atoms with van der Waals surface area (Å²) in [5.74, 6) is 0.422. The number of phenolic OH excluding ortho intramolecular Hbond substituents is 4. The molecule has 14 nitrogen and oxygen atoms in total. The van der Waals surface area contributed by atoms with Crippen molar-refractivity contribution < 1.29 is 49.0 Å². The van der Waals surface area contributed by atoms with Gasteiger partial charge in [0.15, 0.2) is 11.4 Å². The summed E-state index contributed by atoms with van der Waals surface area (Å²) in [6.45, 7) is 1.73. The first kappa shape index (κ1) is 37.5. The van der Waals surface area contributed by atoms with E-state index in [9.17, 15) is 30.0 Å². The van der Waals surface area contributed by atoms with Crippen LogP contribution >= 0.6 is 0 Å². The first-order valence-corrected chi connectivity index (χ1v) is 19.3. The molecule has 2 atom stereocenters. The minimum absolute atomic E-state index is 0.0184. The van der Waals surface area contributed by atoms with Gasteiger partial charge in [-0.3, -0.25) is 9.48 Å². The maximum Gasteiger partial charge on any atom is 0.340 e. The number of phenols is 4. The van der Waals surface area contributed by atoms with Crippen molar-refractivity contribution in [2.45, 2.75) is 57.1 Å². The van der Waals surface area contributed by atoms with Gasteiger partial charge in [0.2, 0.25) is 0 Å². The largest absolute Gasteiger partial charge is 0.508 e. The van der Waals surface area contributed by atoms with Crippen molar-refractivity contribution in [3.05, 3.63) is 142 Å². The Hall–Kier alpha value is -7.06. The highest BCUT2D eigenvalue weighted by molar-refractivity contribution is 6.03. The molecule has 1 aromatic heterocycles. The molecule has 0 amide bonds. The van der Waals surface area contributed by atoms with Gasteiger partial charge in [-0.2, -0.15) is 0 Å². The predicted octanol–water partition coefficient (Wildman–Crippen LogP) is 7.26. The average molecular weight is 797 g/mol. The molecule has 3 aliphatic rings. The molecule has 0 saturated carbocycles. The van der Waals surface area contributed by atoms with Crippen molar-refractivity contribution in [2.24, 2.45) is 0 Å². The number of benzene rings is 5. The maximum absolute atomic E-state index is 13.1. The maximum atomic E-state index is 13.1. The van der Waals surface area contributed by atoms with Crippen LogP contribution in [0.25, 0.3) is 0 Å². The minimum Gasteiger partial charge on any atom is -0.508 e. The molecule has 1 spiro atoms. The molecule has 0 saturated heterocycles. The Bertz CT molecular complexity index is 2610. The topological polar surface area (TPSA) is 186 Å². The molecule has 0 aliphatic carbocycles. The van der Waals surface area contributed by atoms with Gasteiger partial charge in [-0.25, -0.2) is 4.79 Å². The number of carbonyl (C=O) groups is 2. The van der Waals surface area contributed by atoms with Gasteiger partial charge in [0.05, 0.1) is 23.7 Å². The van der Waals surface area contributed by atoms with E-state index in [0.717, 1.165) is 19.3 Å². The second-order valence-corrected chi connectivity index (χ2v) is 15.0. The van der Waals surface area contributed by atoms with E-state index < -0.39 is 17.7 Å². The Morgan fingerprint density at radius 2 is 1.61 bits per heavy atom. The van der Waals surface area contributed by atoms with Crippen LogP contribution in [-0.2, 0) is 30.0 Å². The monoisotopic (exact) mass is 796 g/mol. The van der Waals surface area contributed by atoms with Crippen LogP contribution in [0.2, 0.25) is 0 Å². The predicted molar refractivity (Wildman–Crippen MR) is 211 cm³/mol. The molecule has 0 bridgehead atoms. The molecule has 4 N–H and O–H groups in total. The summed E-state index contributed by atoms with van der Waals surface area (Å²) in [4.78, 5) is 28.2. The minimum atomic E-state index is -1.24. The number of aromatic nitrogens is 3. The van der Waals surface area contributed by atoms with Crippen LogP contribution in [0, 0.1) is 0 Å². The lowest BCUT2D eigenvalue weighted by molar-refractivity contribution is 0.0224. The molecule has 4 heterocycles.